The van der Waals surface area contributed by atoms with Gasteiger partial charge in [0.15, 0.2) is 5.11 Å². The lowest BCUT2D eigenvalue weighted by molar-refractivity contribution is 0.204. The molecule has 3 heterocycles. The molecule has 0 bridgehead atoms. The Morgan fingerprint density at radius 1 is 1.16 bits per heavy atom. The Morgan fingerprint density at radius 2 is 1.94 bits per heavy atom. The average molecular weight is 441 g/mol. The monoisotopic (exact) mass is 440 g/mol. The fourth-order valence-corrected chi connectivity index (χ4v) is 4.50. The van der Waals surface area contributed by atoms with Gasteiger partial charge < -0.3 is 25.2 Å². The maximum Gasteiger partial charge on any atom is 0.232 e. The first-order valence-corrected chi connectivity index (χ1v) is 11.5. The summed E-state index contributed by atoms with van der Waals surface area (Å²) < 4.78 is 5.08. The number of rotatable bonds is 6. The predicted octanol–water partition coefficient (Wildman–Crippen LogP) is 3.21. The van der Waals surface area contributed by atoms with Crippen LogP contribution >= 0.6 is 12.2 Å². The highest BCUT2D eigenvalue weighted by atomic mass is 32.1. The largest absolute Gasteiger partial charge is 0.383 e. The number of anilines is 3. The molecular weight excluding hydrogens is 408 g/mol. The van der Waals surface area contributed by atoms with Crippen LogP contribution in [0.5, 0.6) is 0 Å². The molecule has 0 saturated carbocycles. The fraction of sp³-hybridized carbons (Fsp3) is 0.522. The number of piperidine rings is 1. The van der Waals surface area contributed by atoms with Crippen LogP contribution in [0.3, 0.4) is 0 Å². The number of nitrogens with one attached hydrogen (secondary N) is 2. The molecular formula is C23H32N6OS. The molecule has 2 aliphatic heterocycles. The number of fused-ring (bicyclic) bond motifs is 1. The first-order chi connectivity index (χ1) is 15.1. The van der Waals surface area contributed by atoms with Gasteiger partial charge in [-0.25, -0.2) is 0 Å². The third-order valence-electron chi connectivity index (χ3n) is 5.95. The summed E-state index contributed by atoms with van der Waals surface area (Å²) in [5.41, 5.74) is 2.80. The molecule has 0 radical (unpaired) electrons. The van der Waals surface area contributed by atoms with Crippen molar-refractivity contribution in [3.8, 4) is 0 Å². The highest BCUT2D eigenvalue weighted by molar-refractivity contribution is 7.80. The van der Waals surface area contributed by atoms with E-state index in [1.807, 2.05) is 0 Å². The Balaban J connectivity index is 1.58. The quantitative estimate of drug-likeness (QED) is 0.524. The Bertz CT molecular complexity index is 907. The lowest BCUT2D eigenvalue weighted by Crippen LogP contribution is -2.36. The minimum absolute atomic E-state index is 0.510. The Kier molecular flexibility index (Phi) is 7.19. The van der Waals surface area contributed by atoms with Crippen molar-refractivity contribution in [1.29, 1.82) is 0 Å². The minimum atomic E-state index is 0.510. The van der Waals surface area contributed by atoms with E-state index in [1.54, 1.807) is 7.11 Å². The molecule has 0 spiro atoms. The van der Waals surface area contributed by atoms with E-state index < -0.39 is 0 Å². The molecule has 0 aliphatic carbocycles. The SMILES string of the molecule is COCCNC(=S)Nc1nc(N2CCc3ccccc3C2)cc(N2CCC[C@@H](C)C2)n1. The maximum absolute atomic E-state index is 5.43. The van der Waals surface area contributed by atoms with Gasteiger partial charge in [-0.05, 0) is 48.5 Å². The smallest absolute Gasteiger partial charge is 0.232 e. The lowest BCUT2D eigenvalue weighted by atomic mass is 10.00. The van der Waals surface area contributed by atoms with E-state index in [0.29, 0.717) is 30.1 Å². The molecule has 1 aromatic carbocycles. The zero-order chi connectivity index (χ0) is 21.6. The van der Waals surface area contributed by atoms with Crippen molar-refractivity contribution in [2.24, 2.45) is 5.92 Å². The standard InChI is InChI=1S/C23H32N6OS/c1-17-6-5-11-28(15-17)20-14-21(26-22(25-20)27-23(31)24-10-13-30-2)29-12-9-18-7-3-4-8-19(18)16-29/h3-4,7-8,14,17H,5-6,9-13,15-16H2,1-2H3,(H2,24,25,26,27,31)/t17-/m1/s1. The number of benzene rings is 1. The number of thiocarbonyl (C=S) groups is 1. The summed E-state index contributed by atoms with van der Waals surface area (Å²) in [6.45, 7) is 7.39. The number of aromatic nitrogens is 2. The third kappa shape index (κ3) is 5.62. The van der Waals surface area contributed by atoms with Crippen LogP contribution in [0.2, 0.25) is 0 Å². The Hall–Kier alpha value is -2.45. The molecule has 1 fully saturated rings. The molecule has 8 heteroatoms. The molecule has 1 saturated heterocycles. The molecule has 31 heavy (non-hydrogen) atoms. The molecule has 4 rings (SSSR count). The summed E-state index contributed by atoms with van der Waals surface area (Å²) in [6.07, 6.45) is 3.49. The number of methoxy groups -OCH3 is 1. The van der Waals surface area contributed by atoms with Crippen LogP contribution < -0.4 is 20.4 Å². The van der Waals surface area contributed by atoms with Crippen molar-refractivity contribution in [2.75, 3.05) is 55.0 Å². The average Bonchev–Trinajstić information content (AvgIpc) is 2.78. The van der Waals surface area contributed by atoms with E-state index >= 15 is 0 Å². The summed E-state index contributed by atoms with van der Waals surface area (Å²) in [6, 6.07) is 10.8. The van der Waals surface area contributed by atoms with E-state index in [4.69, 9.17) is 26.9 Å². The Morgan fingerprint density at radius 3 is 2.71 bits per heavy atom. The summed E-state index contributed by atoms with van der Waals surface area (Å²) in [5.74, 6) is 3.12. The van der Waals surface area contributed by atoms with Gasteiger partial charge in [-0.3, -0.25) is 0 Å². The second-order valence-corrected chi connectivity index (χ2v) is 8.82. The van der Waals surface area contributed by atoms with Crippen LogP contribution in [0.1, 0.15) is 30.9 Å². The first kappa shape index (κ1) is 21.8. The normalized spacial score (nSPS) is 18.5. The fourth-order valence-electron chi connectivity index (χ4n) is 4.30. The van der Waals surface area contributed by atoms with E-state index in [1.165, 1.54) is 24.0 Å². The number of hydrogen-bond acceptors (Lipinski definition) is 6. The van der Waals surface area contributed by atoms with Gasteiger partial charge in [-0.15, -0.1) is 0 Å². The molecule has 166 valence electrons. The van der Waals surface area contributed by atoms with Crippen LogP contribution in [0, 0.1) is 5.92 Å². The molecule has 7 nitrogen and oxygen atoms in total. The molecule has 2 aliphatic rings. The van der Waals surface area contributed by atoms with Gasteiger partial charge in [0.05, 0.1) is 6.61 Å². The van der Waals surface area contributed by atoms with Crippen LogP contribution in [0.4, 0.5) is 17.6 Å². The van der Waals surface area contributed by atoms with Crippen LogP contribution in [-0.4, -0.2) is 55.0 Å². The minimum Gasteiger partial charge on any atom is -0.383 e. The molecule has 1 atom stereocenters. The van der Waals surface area contributed by atoms with Gasteiger partial charge in [-0.2, -0.15) is 9.97 Å². The van der Waals surface area contributed by atoms with E-state index in [2.05, 4.69) is 57.7 Å². The lowest BCUT2D eigenvalue weighted by Gasteiger charge is -2.34. The molecule has 2 N–H and O–H groups in total. The van der Waals surface area contributed by atoms with Gasteiger partial charge >= 0.3 is 0 Å². The summed E-state index contributed by atoms with van der Waals surface area (Å²) in [4.78, 5) is 14.4. The van der Waals surface area contributed by atoms with Gasteiger partial charge in [0.1, 0.15) is 11.6 Å². The Labute approximate surface area is 190 Å². The van der Waals surface area contributed by atoms with Gasteiger partial charge in [0.25, 0.3) is 0 Å². The third-order valence-corrected chi connectivity index (χ3v) is 6.20. The van der Waals surface area contributed by atoms with Crippen molar-refractivity contribution in [3.63, 3.8) is 0 Å². The van der Waals surface area contributed by atoms with E-state index in [9.17, 15) is 0 Å². The molecule has 0 amide bonds. The van der Waals surface area contributed by atoms with Crippen LogP contribution in [-0.2, 0) is 17.7 Å². The van der Waals surface area contributed by atoms with E-state index in [-0.39, 0.29) is 0 Å². The zero-order valence-electron chi connectivity index (χ0n) is 18.4. The van der Waals surface area contributed by atoms with Crippen LogP contribution in [0.25, 0.3) is 0 Å². The topological polar surface area (TPSA) is 65.6 Å². The van der Waals surface area contributed by atoms with Crippen molar-refractivity contribution < 1.29 is 4.74 Å². The van der Waals surface area contributed by atoms with Crippen LogP contribution in [0.15, 0.2) is 30.3 Å². The van der Waals surface area contributed by atoms with Crippen molar-refractivity contribution in [3.05, 3.63) is 41.5 Å². The second kappa shape index (κ2) is 10.2. The summed E-state index contributed by atoms with van der Waals surface area (Å²) >= 11 is 5.43. The number of ether oxygens (including phenoxy) is 1. The van der Waals surface area contributed by atoms with Gasteiger partial charge in [0.2, 0.25) is 5.95 Å². The van der Waals surface area contributed by atoms with Gasteiger partial charge in [0, 0.05) is 45.9 Å². The number of hydrogen-bond donors (Lipinski definition) is 2. The highest BCUT2D eigenvalue weighted by Gasteiger charge is 2.22. The second-order valence-electron chi connectivity index (χ2n) is 8.42. The van der Waals surface area contributed by atoms with Crippen molar-refractivity contribution >= 4 is 34.9 Å². The predicted molar refractivity (Wildman–Crippen MR) is 130 cm³/mol. The highest BCUT2D eigenvalue weighted by Crippen LogP contribution is 2.29. The first-order valence-electron chi connectivity index (χ1n) is 11.1. The number of nitrogens with zero attached hydrogens (tertiary/aromatic N) is 4. The van der Waals surface area contributed by atoms with Crippen molar-refractivity contribution in [2.45, 2.75) is 32.7 Å². The van der Waals surface area contributed by atoms with E-state index in [0.717, 1.165) is 44.2 Å². The summed E-state index contributed by atoms with van der Waals surface area (Å²) in [7, 11) is 1.67. The van der Waals surface area contributed by atoms with Crippen molar-refractivity contribution in [1.82, 2.24) is 15.3 Å². The maximum atomic E-state index is 5.43. The molecule has 1 aromatic heterocycles. The molecule has 2 aromatic rings. The molecule has 0 unspecified atom stereocenters. The zero-order valence-corrected chi connectivity index (χ0v) is 19.2. The summed E-state index contributed by atoms with van der Waals surface area (Å²) in [5, 5.41) is 6.83. The van der Waals surface area contributed by atoms with Gasteiger partial charge in [-0.1, -0.05) is 31.2 Å².